The van der Waals surface area contributed by atoms with Crippen LogP contribution in [0, 0.1) is 6.92 Å². The molecule has 1 aromatic heterocycles. The summed E-state index contributed by atoms with van der Waals surface area (Å²) < 4.78 is 16.3. The second kappa shape index (κ2) is 5.93. The fourth-order valence-corrected chi connectivity index (χ4v) is 2.21. The van der Waals surface area contributed by atoms with Crippen LogP contribution in [-0.2, 0) is 0 Å². The number of pyridine rings is 1. The molecule has 1 aromatic carbocycles. The van der Waals surface area contributed by atoms with Gasteiger partial charge in [0.2, 0.25) is 5.75 Å². The summed E-state index contributed by atoms with van der Waals surface area (Å²) in [7, 11) is 1.53. The third-order valence-electron chi connectivity index (χ3n) is 3.22. The highest BCUT2D eigenvalue weighted by molar-refractivity contribution is 6.04. The molecule has 0 saturated carbocycles. The highest BCUT2D eigenvalue weighted by atomic mass is 16.6. The molecule has 0 unspecified atom stereocenters. The summed E-state index contributed by atoms with van der Waals surface area (Å²) in [6.45, 7) is 2.77. The highest BCUT2D eigenvalue weighted by Gasteiger charge is 2.21. The van der Waals surface area contributed by atoms with Gasteiger partial charge in [-0.15, -0.1) is 0 Å². The lowest BCUT2D eigenvalue weighted by atomic mass is 10.1. The Bertz CT molecular complexity index is 698. The Morgan fingerprint density at radius 2 is 2.09 bits per heavy atom. The molecule has 0 fully saturated rings. The second-order valence-electron chi connectivity index (χ2n) is 4.82. The van der Waals surface area contributed by atoms with Gasteiger partial charge in [-0.1, -0.05) is 6.07 Å². The van der Waals surface area contributed by atoms with Crippen LogP contribution in [0.15, 0.2) is 30.3 Å². The van der Waals surface area contributed by atoms with Gasteiger partial charge in [-0.05, 0) is 31.2 Å². The van der Waals surface area contributed by atoms with Gasteiger partial charge in [-0.3, -0.25) is 4.79 Å². The van der Waals surface area contributed by atoms with Crippen LogP contribution in [0.2, 0.25) is 0 Å². The van der Waals surface area contributed by atoms with Crippen molar-refractivity contribution < 1.29 is 19.0 Å². The van der Waals surface area contributed by atoms with Gasteiger partial charge in [0, 0.05) is 11.3 Å². The Morgan fingerprint density at radius 1 is 1.27 bits per heavy atom. The van der Waals surface area contributed by atoms with Crippen molar-refractivity contribution >= 4 is 11.7 Å². The predicted molar refractivity (Wildman–Crippen MR) is 80.9 cm³/mol. The number of hydrogen-bond donors (Lipinski definition) is 1. The van der Waals surface area contributed by atoms with E-state index in [4.69, 9.17) is 14.2 Å². The maximum atomic E-state index is 12.4. The maximum absolute atomic E-state index is 12.4. The summed E-state index contributed by atoms with van der Waals surface area (Å²) in [5.74, 6) is 1.72. The molecule has 6 heteroatoms. The maximum Gasteiger partial charge on any atom is 0.257 e. The fraction of sp³-hybridized carbons (Fsp3) is 0.250. The van der Waals surface area contributed by atoms with Crippen molar-refractivity contribution in [3.05, 3.63) is 41.6 Å². The molecular weight excluding hydrogens is 284 g/mol. The zero-order chi connectivity index (χ0) is 15.5. The van der Waals surface area contributed by atoms with Crippen molar-refractivity contribution in [3.8, 4) is 17.2 Å². The Kier molecular flexibility index (Phi) is 3.82. The van der Waals surface area contributed by atoms with Gasteiger partial charge in [0.15, 0.2) is 11.5 Å². The molecule has 1 amide bonds. The van der Waals surface area contributed by atoms with Crippen LogP contribution in [0.1, 0.15) is 16.1 Å². The number of nitrogens with one attached hydrogen (secondary N) is 1. The molecule has 1 aliphatic heterocycles. The third-order valence-corrected chi connectivity index (χ3v) is 3.22. The first-order valence-corrected chi connectivity index (χ1v) is 6.90. The van der Waals surface area contributed by atoms with Crippen LogP contribution in [0.5, 0.6) is 17.2 Å². The summed E-state index contributed by atoms with van der Waals surface area (Å²) >= 11 is 0. The quantitative estimate of drug-likeness (QED) is 0.942. The Morgan fingerprint density at radius 3 is 2.86 bits per heavy atom. The molecule has 0 aliphatic carbocycles. The van der Waals surface area contributed by atoms with Crippen molar-refractivity contribution in [1.29, 1.82) is 0 Å². The van der Waals surface area contributed by atoms with Crippen LogP contribution >= 0.6 is 0 Å². The molecule has 6 nitrogen and oxygen atoms in total. The number of aryl methyl sites for hydroxylation is 1. The molecule has 3 rings (SSSR count). The average molecular weight is 300 g/mol. The number of rotatable bonds is 3. The molecule has 1 aliphatic rings. The van der Waals surface area contributed by atoms with E-state index in [1.807, 2.05) is 19.1 Å². The number of aromatic nitrogens is 1. The average Bonchev–Trinajstić information content (AvgIpc) is 2.53. The minimum absolute atomic E-state index is 0.284. The highest BCUT2D eigenvalue weighted by Crippen LogP contribution is 2.40. The summed E-state index contributed by atoms with van der Waals surface area (Å²) in [6.07, 6.45) is 0. The molecule has 114 valence electrons. The van der Waals surface area contributed by atoms with Crippen LogP contribution in [-0.4, -0.2) is 31.2 Å². The number of anilines is 1. The van der Waals surface area contributed by atoms with Crippen molar-refractivity contribution in [1.82, 2.24) is 4.98 Å². The number of ether oxygens (including phenoxy) is 3. The standard InChI is InChI=1S/C16H16N2O4/c1-10-4-3-5-14(17-10)18-16(19)11-8-12(20-2)15-13(9-11)21-6-7-22-15/h3-5,8-9H,6-7H2,1-2H3,(H,17,18,19). The van der Waals surface area contributed by atoms with E-state index in [-0.39, 0.29) is 5.91 Å². The van der Waals surface area contributed by atoms with Crippen LogP contribution in [0.4, 0.5) is 5.82 Å². The smallest absolute Gasteiger partial charge is 0.257 e. The van der Waals surface area contributed by atoms with Gasteiger partial charge >= 0.3 is 0 Å². The number of nitrogens with zero attached hydrogens (tertiary/aromatic N) is 1. The molecule has 0 atom stereocenters. The van der Waals surface area contributed by atoms with Crippen LogP contribution in [0.3, 0.4) is 0 Å². The first kappa shape index (κ1) is 14.2. The lowest BCUT2D eigenvalue weighted by Gasteiger charge is -2.21. The molecule has 0 saturated heterocycles. The topological polar surface area (TPSA) is 69.7 Å². The molecule has 1 N–H and O–H groups in total. The molecule has 0 radical (unpaired) electrons. The van der Waals surface area contributed by atoms with E-state index >= 15 is 0 Å². The summed E-state index contributed by atoms with van der Waals surface area (Å²) in [5, 5.41) is 2.76. The van der Waals surface area contributed by atoms with E-state index in [0.29, 0.717) is 41.8 Å². The van der Waals surface area contributed by atoms with Crippen molar-refractivity contribution in [2.24, 2.45) is 0 Å². The van der Waals surface area contributed by atoms with Crippen molar-refractivity contribution in [2.45, 2.75) is 6.92 Å². The lowest BCUT2D eigenvalue weighted by molar-refractivity contribution is 0.102. The number of carbonyl (C=O) groups excluding carboxylic acids is 1. The molecule has 2 aromatic rings. The number of amides is 1. The van der Waals surface area contributed by atoms with E-state index in [0.717, 1.165) is 5.69 Å². The van der Waals surface area contributed by atoms with E-state index in [1.165, 1.54) is 7.11 Å². The first-order valence-electron chi connectivity index (χ1n) is 6.90. The number of hydrogen-bond acceptors (Lipinski definition) is 5. The summed E-state index contributed by atoms with van der Waals surface area (Å²) in [4.78, 5) is 16.6. The Labute approximate surface area is 128 Å². The molecule has 22 heavy (non-hydrogen) atoms. The zero-order valence-electron chi connectivity index (χ0n) is 12.4. The van der Waals surface area contributed by atoms with Crippen LogP contribution < -0.4 is 19.5 Å². The van der Waals surface area contributed by atoms with Gasteiger partial charge in [0.1, 0.15) is 19.0 Å². The van der Waals surface area contributed by atoms with E-state index in [2.05, 4.69) is 10.3 Å². The van der Waals surface area contributed by atoms with Gasteiger partial charge < -0.3 is 19.5 Å². The number of fused-ring (bicyclic) bond motifs is 1. The normalized spacial score (nSPS) is 12.6. The van der Waals surface area contributed by atoms with E-state index < -0.39 is 0 Å². The van der Waals surface area contributed by atoms with E-state index in [9.17, 15) is 4.79 Å². The van der Waals surface area contributed by atoms with E-state index in [1.54, 1.807) is 18.2 Å². The molecule has 2 heterocycles. The zero-order valence-corrected chi connectivity index (χ0v) is 12.4. The van der Waals surface area contributed by atoms with Gasteiger partial charge in [0.25, 0.3) is 5.91 Å². The lowest BCUT2D eigenvalue weighted by Crippen LogP contribution is -2.18. The largest absolute Gasteiger partial charge is 0.493 e. The van der Waals surface area contributed by atoms with Gasteiger partial charge in [-0.2, -0.15) is 0 Å². The minimum Gasteiger partial charge on any atom is -0.493 e. The first-order chi connectivity index (χ1) is 10.7. The number of carbonyl (C=O) groups is 1. The predicted octanol–water partition coefficient (Wildman–Crippen LogP) is 2.42. The molecular formula is C16H16N2O4. The second-order valence-corrected chi connectivity index (χ2v) is 4.82. The number of benzene rings is 1. The summed E-state index contributed by atoms with van der Waals surface area (Å²) in [6, 6.07) is 8.70. The molecule has 0 bridgehead atoms. The number of methoxy groups -OCH3 is 1. The Hall–Kier alpha value is -2.76. The monoisotopic (exact) mass is 300 g/mol. The van der Waals surface area contributed by atoms with Crippen molar-refractivity contribution in [2.75, 3.05) is 25.6 Å². The van der Waals surface area contributed by atoms with Crippen LogP contribution in [0.25, 0.3) is 0 Å². The molecule has 0 spiro atoms. The summed E-state index contributed by atoms with van der Waals surface area (Å²) in [5.41, 5.74) is 1.25. The fourth-order valence-electron chi connectivity index (χ4n) is 2.21. The van der Waals surface area contributed by atoms with Gasteiger partial charge in [-0.25, -0.2) is 4.98 Å². The SMILES string of the molecule is COc1cc(C(=O)Nc2cccc(C)n2)cc2c1OCCO2. The minimum atomic E-state index is -0.284. The van der Waals surface area contributed by atoms with Gasteiger partial charge in [0.05, 0.1) is 7.11 Å². The Balaban J connectivity index is 1.89. The third kappa shape index (κ3) is 2.81. The van der Waals surface area contributed by atoms with Crippen molar-refractivity contribution in [3.63, 3.8) is 0 Å².